The third-order valence-electron chi connectivity index (χ3n) is 18.8. The van der Waals surface area contributed by atoms with Gasteiger partial charge >= 0.3 is 5.97 Å². The van der Waals surface area contributed by atoms with Crippen molar-refractivity contribution in [3.63, 3.8) is 0 Å². The van der Waals surface area contributed by atoms with Crippen LogP contribution in [0.2, 0.25) is 0 Å². The van der Waals surface area contributed by atoms with E-state index in [1.165, 1.54) is 22.3 Å². The smallest absolute Gasteiger partial charge is 0.305 e. The fraction of sp³-hybridized carbons (Fsp3) is 0.516. The van der Waals surface area contributed by atoms with E-state index in [0.29, 0.717) is 61.9 Å². The van der Waals surface area contributed by atoms with Crippen molar-refractivity contribution in [2.75, 3.05) is 68.3 Å². The van der Waals surface area contributed by atoms with Crippen molar-refractivity contribution in [3.05, 3.63) is 115 Å². The van der Waals surface area contributed by atoms with Gasteiger partial charge in [0.05, 0.1) is 57.1 Å². The quantitative estimate of drug-likeness (QED) is 0.0991. The Bertz CT molecular complexity index is 3310. The van der Waals surface area contributed by atoms with Crippen molar-refractivity contribution in [3.8, 4) is 58.1 Å². The van der Waals surface area contributed by atoms with E-state index < -0.39 is 24.2 Å². The van der Waals surface area contributed by atoms with Crippen molar-refractivity contribution in [1.82, 2.24) is 19.6 Å². The van der Waals surface area contributed by atoms with Gasteiger partial charge in [0.15, 0.2) is 23.0 Å². The molecule has 12 rings (SSSR count). The van der Waals surface area contributed by atoms with Gasteiger partial charge in [0.2, 0.25) is 13.6 Å². The van der Waals surface area contributed by atoms with Crippen LogP contribution in [0.25, 0.3) is 0 Å². The molecule has 1 N–H and O–H groups in total. The number of aliphatic hydroxyl groups excluding tert-OH is 1. The van der Waals surface area contributed by atoms with Crippen molar-refractivity contribution in [2.45, 2.75) is 147 Å². The normalized spacial score (nSPS) is 26.1. The van der Waals surface area contributed by atoms with E-state index in [1.807, 2.05) is 20.8 Å². The first kappa shape index (κ1) is 55.9. The monoisotopic (exact) mass is 1100 g/mol. The molecule has 81 heavy (non-hydrogen) atoms. The van der Waals surface area contributed by atoms with Crippen LogP contribution in [-0.2, 0) is 35.2 Å². The summed E-state index contributed by atoms with van der Waals surface area (Å²) < 4.78 is 54.3. The number of methoxy groups -OCH3 is 2. The Morgan fingerprint density at radius 1 is 0.642 bits per heavy atom. The maximum Gasteiger partial charge on any atom is 0.305 e. The first-order chi connectivity index (χ1) is 39.1. The van der Waals surface area contributed by atoms with E-state index >= 15 is 0 Å². The number of carbonyl (C=O) groups excluding carboxylic acids is 1. The fourth-order valence-electron chi connectivity index (χ4n) is 15.8. The molecule has 8 heterocycles. The van der Waals surface area contributed by atoms with Crippen LogP contribution in [-0.4, -0.2) is 135 Å². The second kappa shape index (κ2) is 22.1. The summed E-state index contributed by atoms with van der Waals surface area (Å²) in [4.78, 5) is 22.1. The lowest BCUT2D eigenvalue weighted by Crippen LogP contribution is -2.68. The lowest BCUT2D eigenvalue weighted by Gasteiger charge is -2.60. The van der Waals surface area contributed by atoms with Crippen LogP contribution in [0.1, 0.15) is 122 Å². The standard InChI is InChI=1S/C34H41N3O6.C30H35N3O5/c1-8-10-27(38)41-16-26-29-22(32(40-11-9-2)20(5)33-34(29)43-17-42-33)14-24-30-28-19(4)31(39-7)18(3)12-21(28)13-23(36(30)6)25(15-35)37(24)26;1-7-8-36-28-17(4)29-30(38-14-37-29)25-19(28)11-21-26-24-16(3)27(35-6)15(2)9-18(24)10-20(32(26)5)22(12-31)33(21)23(25)13-34/h9,12,23-26,30H,2,8,10-11,13-14,16-17H2,1,3-7H3;7,9,20-23,26,34H,1,8,10-11,13-14H2,2-6H3/t23-,24?,25-,26-,30-;20-,21?,22-,23-,26-/m00/s1. The molecule has 4 aromatic carbocycles. The highest BCUT2D eigenvalue weighted by molar-refractivity contribution is 5.70. The average Bonchev–Trinajstić information content (AvgIpc) is 2.32. The molecule has 428 valence electrons. The van der Waals surface area contributed by atoms with Gasteiger partial charge < -0.3 is 47.7 Å². The van der Waals surface area contributed by atoms with Crippen molar-refractivity contribution in [2.24, 2.45) is 0 Å². The molecule has 0 aromatic heterocycles. The number of benzene rings is 4. The maximum absolute atomic E-state index is 12.7. The molecule has 17 nitrogen and oxygen atoms in total. The van der Waals surface area contributed by atoms with Crippen molar-refractivity contribution in [1.29, 1.82) is 10.5 Å². The highest BCUT2D eigenvalue weighted by Crippen LogP contribution is 2.60. The number of hydrogen-bond acceptors (Lipinski definition) is 17. The van der Waals surface area contributed by atoms with Crippen molar-refractivity contribution < 1.29 is 52.5 Å². The summed E-state index contributed by atoms with van der Waals surface area (Å²) in [6.45, 7) is 23.0. The second-order valence-corrected chi connectivity index (χ2v) is 22.9. The average molecular weight is 1110 g/mol. The minimum Gasteiger partial charge on any atom is -0.496 e. The van der Waals surface area contributed by atoms with Crippen LogP contribution in [0.5, 0.6) is 46.0 Å². The lowest BCUT2D eigenvalue weighted by atomic mass is 9.71. The number of rotatable bonds is 13. The Morgan fingerprint density at radius 2 is 1.07 bits per heavy atom. The summed E-state index contributed by atoms with van der Waals surface area (Å²) in [6, 6.07) is 7.84. The zero-order valence-electron chi connectivity index (χ0n) is 48.7. The number of piperazine rings is 2. The zero-order chi connectivity index (χ0) is 57.5. The summed E-state index contributed by atoms with van der Waals surface area (Å²) >= 11 is 0. The molecule has 4 aromatic rings. The number of aryl methyl sites for hydroxylation is 2. The number of nitrogens with zero attached hydrogens (tertiary/aromatic N) is 6. The molecule has 0 saturated carbocycles. The Balaban J connectivity index is 0.000000172. The molecule has 0 radical (unpaired) electrons. The van der Waals surface area contributed by atoms with E-state index in [-0.39, 0.29) is 69.0 Å². The third-order valence-corrected chi connectivity index (χ3v) is 18.8. The number of hydrogen-bond donors (Lipinski definition) is 1. The molecular formula is C64H76N6O11. The summed E-state index contributed by atoms with van der Waals surface area (Å²) in [7, 11) is 7.72. The summed E-state index contributed by atoms with van der Waals surface area (Å²) in [5.74, 6) is 5.68. The molecule has 17 heteroatoms. The molecule has 2 saturated heterocycles. The van der Waals surface area contributed by atoms with Gasteiger partial charge in [0, 0.05) is 64.0 Å². The first-order valence-corrected chi connectivity index (χ1v) is 28.4. The van der Waals surface area contributed by atoms with Crippen LogP contribution in [0.3, 0.4) is 0 Å². The predicted octanol–water partition coefficient (Wildman–Crippen LogP) is 8.71. The first-order valence-electron chi connectivity index (χ1n) is 28.4. The number of aliphatic hydroxyl groups is 1. The van der Waals surface area contributed by atoms with Gasteiger partial charge in [-0.3, -0.25) is 24.4 Å². The summed E-state index contributed by atoms with van der Waals surface area (Å²) in [5.41, 5.74) is 15.1. The van der Waals surface area contributed by atoms with Crippen LogP contribution < -0.4 is 37.9 Å². The molecule has 0 amide bonds. The Labute approximate surface area is 476 Å². The number of nitriles is 2. The number of ether oxygens (including phenoxy) is 9. The minimum absolute atomic E-state index is 0.0105. The maximum atomic E-state index is 12.7. The molecule has 8 aliphatic heterocycles. The van der Waals surface area contributed by atoms with E-state index in [2.05, 4.69) is 98.8 Å². The second-order valence-electron chi connectivity index (χ2n) is 22.9. The van der Waals surface area contributed by atoms with Gasteiger partial charge in [-0.1, -0.05) is 44.4 Å². The van der Waals surface area contributed by atoms with E-state index in [0.717, 1.165) is 91.5 Å². The molecule has 2 unspecified atom stereocenters. The molecule has 0 spiro atoms. The number of esters is 1. The van der Waals surface area contributed by atoms with E-state index in [1.54, 1.807) is 26.4 Å². The van der Waals surface area contributed by atoms with Crippen LogP contribution >= 0.6 is 0 Å². The van der Waals surface area contributed by atoms with E-state index in [4.69, 9.17) is 42.6 Å². The predicted molar refractivity (Wildman–Crippen MR) is 303 cm³/mol. The highest BCUT2D eigenvalue weighted by Gasteiger charge is 2.58. The number of likely N-dealkylation sites (N-methyl/N-ethyl adjacent to an activating group) is 2. The highest BCUT2D eigenvalue weighted by atomic mass is 16.7. The van der Waals surface area contributed by atoms with Crippen molar-refractivity contribution >= 4 is 5.97 Å². The molecular weight excluding hydrogens is 1030 g/mol. The van der Waals surface area contributed by atoms with Gasteiger partial charge in [-0.2, -0.15) is 10.5 Å². The molecule has 8 aliphatic rings. The van der Waals surface area contributed by atoms with E-state index in [9.17, 15) is 20.4 Å². The lowest BCUT2D eigenvalue weighted by molar-refractivity contribution is -0.149. The summed E-state index contributed by atoms with van der Waals surface area (Å²) in [5, 5.41) is 32.3. The number of carbonyl (C=O) groups is 1. The number of fused-ring (bicyclic) bond motifs is 18. The largest absolute Gasteiger partial charge is 0.496 e. The van der Waals surface area contributed by atoms with Gasteiger partial charge in [-0.15, -0.1) is 0 Å². The Hall–Kier alpha value is -6.99. The Morgan fingerprint density at radius 3 is 1.48 bits per heavy atom. The molecule has 10 atom stereocenters. The van der Waals surface area contributed by atoms with Gasteiger partial charge in [-0.05, 0) is 132 Å². The SMILES string of the molecule is C=CCOc1c(C)c2c(c3c1CC1[C@H]4c5c(cc(C)c(OC)c5C)C[C@@H]([C@H](C#N)N1[C@H]3CO)N4C)OCO2.C=CCOc1c(C)c2c(c3c1CC1[C@H]4c5c(cc(C)c(OC)c5C)C[C@@H]([C@H](C#N)N1[C@H]3COC(=O)CCC)N4C)OCO2. The molecule has 0 aliphatic carbocycles. The molecule has 4 bridgehead atoms. The summed E-state index contributed by atoms with van der Waals surface area (Å²) in [6.07, 6.45) is 7.27. The van der Waals surface area contributed by atoms with Crippen LogP contribution in [0.4, 0.5) is 0 Å². The third kappa shape index (κ3) is 8.59. The van der Waals surface area contributed by atoms with Gasteiger partial charge in [-0.25, -0.2) is 0 Å². The van der Waals surface area contributed by atoms with Gasteiger partial charge in [0.25, 0.3) is 0 Å². The zero-order valence-corrected chi connectivity index (χ0v) is 48.7. The van der Waals surface area contributed by atoms with Gasteiger partial charge in [0.1, 0.15) is 54.9 Å². The molecule has 2 fully saturated rings. The minimum atomic E-state index is -0.443. The Kier molecular flexibility index (Phi) is 15.2. The van der Waals surface area contributed by atoms with Crippen LogP contribution in [0.15, 0.2) is 37.4 Å². The van der Waals surface area contributed by atoms with Crippen LogP contribution in [0, 0.1) is 64.2 Å². The fourth-order valence-corrected chi connectivity index (χ4v) is 15.8. The topological polar surface area (TPSA) is 181 Å².